The summed E-state index contributed by atoms with van der Waals surface area (Å²) >= 11 is 0. The maximum absolute atomic E-state index is 12.4. The number of carbonyl (C=O) groups is 2. The van der Waals surface area contributed by atoms with Gasteiger partial charge in [-0.3, -0.25) is 9.59 Å². The molecule has 8 nitrogen and oxygen atoms in total. The second-order valence-corrected chi connectivity index (χ2v) is 7.76. The first-order valence-electron chi connectivity index (χ1n) is 9.16. The molecule has 0 unspecified atom stereocenters. The smallest absolute Gasteiger partial charge is 0.224 e. The number of aryl methyl sites for hydroxylation is 2. The lowest BCUT2D eigenvalue weighted by Crippen LogP contribution is -2.43. The van der Waals surface area contributed by atoms with Gasteiger partial charge in [-0.25, -0.2) is 9.97 Å². The molecule has 0 aliphatic carbocycles. The zero-order chi connectivity index (χ0) is 19.9. The van der Waals surface area contributed by atoms with Gasteiger partial charge in [-0.05, 0) is 5.41 Å². The molecule has 0 N–H and O–H groups in total. The second kappa shape index (κ2) is 9.34. The number of imidazole rings is 2. The molecule has 148 valence electrons. The first-order valence-corrected chi connectivity index (χ1v) is 9.16. The van der Waals surface area contributed by atoms with Crippen LogP contribution in [0.15, 0.2) is 37.4 Å². The molecule has 0 spiro atoms. The van der Waals surface area contributed by atoms with Crippen molar-refractivity contribution in [2.45, 2.75) is 39.8 Å². The van der Waals surface area contributed by atoms with E-state index in [1.807, 2.05) is 35.6 Å². The Morgan fingerprint density at radius 1 is 0.852 bits per heavy atom. The molecule has 0 radical (unpaired) electrons. The molecule has 0 fully saturated rings. The molecule has 0 bridgehead atoms. The van der Waals surface area contributed by atoms with Crippen LogP contribution in [-0.2, 0) is 22.7 Å². The number of amides is 2. The number of rotatable bonds is 10. The lowest BCUT2D eigenvalue weighted by Gasteiger charge is -2.34. The minimum absolute atomic E-state index is 0.0888. The topological polar surface area (TPSA) is 76.3 Å². The van der Waals surface area contributed by atoms with Gasteiger partial charge in [0.2, 0.25) is 11.8 Å². The lowest BCUT2D eigenvalue weighted by atomic mass is 9.92. The SMILES string of the molecule is CN(CC(C)(C)CN(C)C(=O)CCn1ccnc1)C(=O)CCn1ccnc1. The fourth-order valence-electron chi connectivity index (χ4n) is 3.18. The molecule has 2 amide bonds. The van der Waals surface area contributed by atoms with Crippen LogP contribution in [0.1, 0.15) is 26.7 Å². The van der Waals surface area contributed by atoms with Crippen LogP contribution in [0.5, 0.6) is 0 Å². The van der Waals surface area contributed by atoms with Crippen molar-refractivity contribution >= 4 is 11.8 Å². The highest BCUT2D eigenvalue weighted by atomic mass is 16.2. The van der Waals surface area contributed by atoms with Gasteiger partial charge in [-0.1, -0.05) is 13.8 Å². The summed E-state index contributed by atoms with van der Waals surface area (Å²) in [6.07, 6.45) is 11.4. The molecule has 0 aliphatic rings. The summed E-state index contributed by atoms with van der Waals surface area (Å²) in [6, 6.07) is 0. The molecular weight excluding hydrogens is 344 g/mol. The first-order chi connectivity index (χ1) is 12.8. The molecule has 2 aromatic rings. The van der Waals surface area contributed by atoms with Crippen LogP contribution in [0.2, 0.25) is 0 Å². The Bertz CT molecular complexity index is 648. The Hall–Kier alpha value is -2.64. The van der Waals surface area contributed by atoms with Crippen molar-refractivity contribution in [1.29, 1.82) is 0 Å². The average molecular weight is 374 g/mol. The summed E-state index contributed by atoms with van der Waals surface area (Å²) in [5.74, 6) is 0.178. The van der Waals surface area contributed by atoms with Crippen LogP contribution in [-0.4, -0.2) is 67.9 Å². The maximum Gasteiger partial charge on any atom is 0.224 e. The predicted molar refractivity (Wildman–Crippen MR) is 103 cm³/mol. The van der Waals surface area contributed by atoms with Gasteiger partial charge < -0.3 is 18.9 Å². The van der Waals surface area contributed by atoms with Crippen molar-refractivity contribution in [3.05, 3.63) is 37.4 Å². The van der Waals surface area contributed by atoms with Crippen LogP contribution in [0.4, 0.5) is 0 Å². The zero-order valence-electron chi connectivity index (χ0n) is 16.7. The van der Waals surface area contributed by atoms with E-state index in [0.29, 0.717) is 39.0 Å². The number of aromatic nitrogens is 4. The molecule has 0 aliphatic heterocycles. The van der Waals surface area contributed by atoms with Gasteiger partial charge in [-0.2, -0.15) is 0 Å². The van der Waals surface area contributed by atoms with Crippen LogP contribution >= 0.6 is 0 Å². The molecule has 27 heavy (non-hydrogen) atoms. The first kappa shape index (κ1) is 20.7. The monoisotopic (exact) mass is 374 g/mol. The summed E-state index contributed by atoms with van der Waals surface area (Å²) in [7, 11) is 3.64. The van der Waals surface area contributed by atoms with E-state index in [9.17, 15) is 9.59 Å². The summed E-state index contributed by atoms with van der Waals surface area (Å²) in [6.45, 7) is 6.58. The van der Waals surface area contributed by atoms with Gasteiger partial charge in [0.15, 0.2) is 0 Å². The lowest BCUT2D eigenvalue weighted by molar-refractivity contribution is -0.133. The van der Waals surface area contributed by atoms with Crippen LogP contribution in [0.3, 0.4) is 0 Å². The highest BCUT2D eigenvalue weighted by Crippen LogP contribution is 2.19. The molecule has 2 heterocycles. The summed E-state index contributed by atoms with van der Waals surface area (Å²) in [5.41, 5.74) is -0.196. The normalized spacial score (nSPS) is 11.4. The molecule has 8 heteroatoms. The Kier molecular flexibility index (Phi) is 7.15. The van der Waals surface area contributed by atoms with Crippen LogP contribution in [0.25, 0.3) is 0 Å². The fraction of sp³-hybridized carbons (Fsp3) is 0.579. The van der Waals surface area contributed by atoms with Crippen molar-refractivity contribution in [3.63, 3.8) is 0 Å². The maximum atomic E-state index is 12.4. The van der Waals surface area contributed by atoms with Crippen molar-refractivity contribution < 1.29 is 9.59 Å². The number of hydrogen-bond acceptors (Lipinski definition) is 4. The van der Waals surface area contributed by atoms with E-state index in [-0.39, 0.29) is 17.2 Å². The number of hydrogen-bond donors (Lipinski definition) is 0. The van der Waals surface area contributed by atoms with E-state index in [1.165, 1.54) is 0 Å². The van der Waals surface area contributed by atoms with Gasteiger partial charge in [0.05, 0.1) is 12.7 Å². The predicted octanol–water partition coefficient (Wildman–Crippen LogP) is 1.50. The highest BCUT2D eigenvalue weighted by molar-refractivity contribution is 5.76. The third kappa shape index (κ3) is 6.88. The van der Waals surface area contributed by atoms with Crippen molar-refractivity contribution in [2.75, 3.05) is 27.2 Å². The van der Waals surface area contributed by atoms with E-state index in [0.717, 1.165) is 0 Å². The minimum Gasteiger partial charge on any atom is -0.345 e. The van der Waals surface area contributed by atoms with Gasteiger partial charge in [-0.15, -0.1) is 0 Å². The van der Waals surface area contributed by atoms with Gasteiger partial charge in [0, 0.05) is 77.9 Å². The van der Waals surface area contributed by atoms with Crippen molar-refractivity contribution in [1.82, 2.24) is 28.9 Å². The molecular formula is C19H30N6O2. The summed E-state index contributed by atoms with van der Waals surface area (Å²) in [5, 5.41) is 0. The van der Waals surface area contributed by atoms with E-state index in [1.54, 1.807) is 34.8 Å². The standard InChI is InChI=1S/C19H30N6O2/c1-19(2,13-22(3)17(26)5-9-24-11-7-20-15-24)14-23(4)18(27)6-10-25-12-8-21-16-25/h7-8,11-12,15-16H,5-6,9-10,13-14H2,1-4H3. The van der Waals surface area contributed by atoms with Gasteiger partial charge in [0.1, 0.15) is 0 Å². The molecule has 0 saturated heterocycles. The largest absolute Gasteiger partial charge is 0.345 e. The fourth-order valence-corrected chi connectivity index (χ4v) is 3.18. The highest BCUT2D eigenvalue weighted by Gasteiger charge is 2.26. The Morgan fingerprint density at radius 3 is 1.59 bits per heavy atom. The third-order valence-corrected chi connectivity index (χ3v) is 4.47. The molecule has 0 atom stereocenters. The van der Waals surface area contributed by atoms with E-state index in [4.69, 9.17) is 0 Å². The zero-order valence-corrected chi connectivity index (χ0v) is 16.7. The quantitative estimate of drug-likeness (QED) is 0.632. The number of nitrogens with zero attached hydrogens (tertiary/aromatic N) is 6. The van der Waals surface area contributed by atoms with Crippen LogP contribution in [0, 0.1) is 5.41 Å². The second-order valence-electron chi connectivity index (χ2n) is 7.76. The minimum atomic E-state index is -0.196. The van der Waals surface area contributed by atoms with Gasteiger partial charge >= 0.3 is 0 Å². The average Bonchev–Trinajstić information content (AvgIpc) is 3.30. The molecule has 0 aromatic carbocycles. The molecule has 2 rings (SSSR count). The Morgan fingerprint density at radius 2 is 1.26 bits per heavy atom. The summed E-state index contributed by atoms with van der Waals surface area (Å²) < 4.78 is 3.78. The Labute approximate surface area is 160 Å². The van der Waals surface area contributed by atoms with Crippen molar-refractivity contribution in [2.24, 2.45) is 5.41 Å². The van der Waals surface area contributed by atoms with Gasteiger partial charge in [0.25, 0.3) is 0 Å². The van der Waals surface area contributed by atoms with E-state index >= 15 is 0 Å². The molecule has 0 saturated carbocycles. The third-order valence-electron chi connectivity index (χ3n) is 4.47. The Balaban J connectivity index is 1.76. The van der Waals surface area contributed by atoms with Crippen molar-refractivity contribution in [3.8, 4) is 0 Å². The number of carbonyl (C=O) groups excluding carboxylic acids is 2. The van der Waals surface area contributed by atoms with E-state index < -0.39 is 0 Å². The molecule has 2 aromatic heterocycles. The summed E-state index contributed by atoms with van der Waals surface area (Å²) in [4.78, 5) is 36.2. The van der Waals surface area contributed by atoms with E-state index in [2.05, 4.69) is 23.8 Å². The van der Waals surface area contributed by atoms with Crippen LogP contribution < -0.4 is 0 Å².